The van der Waals surface area contributed by atoms with Crippen molar-refractivity contribution in [3.63, 3.8) is 0 Å². The minimum absolute atomic E-state index is 0.315. The third-order valence-electron chi connectivity index (χ3n) is 6.18. The van der Waals surface area contributed by atoms with Crippen molar-refractivity contribution < 1.29 is 10.2 Å². The normalized spacial score (nSPS) is 15.6. The molecular formula is C27H40O2. The van der Waals surface area contributed by atoms with Gasteiger partial charge in [-0.3, -0.25) is 0 Å². The van der Waals surface area contributed by atoms with Crippen LogP contribution >= 0.6 is 0 Å². The fourth-order valence-corrected chi connectivity index (χ4v) is 4.09. The molecule has 0 fully saturated rings. The zero-order valence-electron chi connectivity index (χ0n) is 18.3. The van der Waals surface area contributed by atoms with Gasteiger partial charge in [-0.15, -0.1) is 0 Å². The number of aliphatic hydroxyl groups is 2. The lowest BCUT2D eigenvalue weighted by Gasteiger charge is -2.19. The van der Waals surface area contributed by atoms with E-state index in [4.69, 9.17) is 0 Å². The first-order chi connectivity index (χ1) is 14.1. The summed E-state index contributed by atoms with van der Waals surface area (Å²) < 4.78 is 0. The maximum Gasteiger partial charge on any atom is 0.0815 e. The van der Waals surface area contributed by atoms with Crippen LogP contribution in [0.5, 0.6) is 0 Å². The highest BCUT2D eigenvalue weighted by molar-refractivity contribution is 5.18. The van der Waals surface area contributed by atoms with Crippen molar-refractivity contribution in [2.75, 3.05) is 0 Å². The van der Waals surface area contributed by atoms with Crippen LogP contribution in [0, 0.1) is 11.8 Å². The highest BCUT2D eigenvalue weighted by Crippen LogP contribution is 2.27. The van der Waals surface area contributed by atoms with Crippen LogP contribution in [0.3, 0.4) is 0 Å². The molecule has 2 nitrogen and oxygen atoms in total. The van der Waals surface area contributed by atoms with Crippen molar-refractivity contribution in [3.8, 4) is 0 Å². The van der Waals surface area contributed by atoms with Gasteiger partial charge in [-0.25, -0.2) is 0 Å². The molecule has 2 N–H and O–H groups in total. The number of benzene rings is 2. The van der Waals surface area contributed by atoms with E-state index in [-0.39, 0.29) is 12.2 Å². The first-order valence-corrected chi connectivity index (χ1v) is 11.6. The Morgan fingerprint density at radius 1 is 0.517 bits per heavy atom. The highest BCUT2D eigenvalue weighted by atomic mass is 16.3. The van der Waals surface area contributed by atoms with E-state index in [0.717, 1.165) is 24.0 Å². The van der Waals surface area contributed by atoms with E-state index < -0.39 is 0 Å². The van der Waals surface area contributed by atoms with Gasteiger partial charge in [0, 0.05) is 0 Å². The Kier molecular flexibility index (Phi) is 11.1. The van der Waals surface area contributed by atoms with Gasteiger partial charge in [-0.05, 0) is 35.8 Å². The van der Waals surface area contributed by atoms with Crippen LogP contribution in [0.4, 0.5) is 0 Å². The molecule has 0 radical (unpaired) electrons. The van der Waals surface area contributed by atoms with E-state index in [1.165, 1.54) is 44.9 Å². The molecule has 0 amide bonds. The summed E-state index contributed by atoms with van der Waals surface area (Å²) in [6, 6.07) is 20.0. The van der Waals surface area contributed by atoms with E-state index in [9.17, 15) is 10.2 Å². The third kappa shape index (κ3) is 8.72. The quantitative estimate of drug-likeness (QED) is 0.330. The monoisotopic (exact) mass is 396 g/mol. The van der Waals surface area contributed by atoms with Crippen molar-refractivity contribution in [1.29, 1.82) is 0 Å². The smallest absolute Gasteiger partial charge is 0.0815 e. The molecule has 2 aromatic carbocycles. The average Bonchev–Trinajstić information content (AvgIpc) is 2.77. The van der Waals surface area contributed by atoms with Crippen LogP contribution < -0.4 is 0 Å². The summed E-state index contributed by atoms with van der Waals surface area (Å²) in [4.78, 5) is 0. The van der Waals surface area contributed by atoms with E-state index >= 15 is 0 Å². The average molecular weight is 397 g/mol. The predicted octanol–water partition coefficient (Wildman–Crippen LogP) is 7.24. The highest BCUT2D eigenvalue weighted by Gasteiger charge is 2.16. The summed E-state index contributed by atoms with van der Waals surface area (Å²) in [5.74, 6) is 0.629. The fraction of sp³-hybridized carbons (Fsp3) is 0.556. The third-order valence-corrected chi connectivity index (χ3v) is 6.18. The Hall–Kier alpha value is -1.64. The molecule has 0 aromatic heterocycles. The first kappa shape index (κ1) is 23.6. The van der Waals surface area contributed by atoms with Crippen molar-refractivity contribution in [2.45, 2.75) is 83.8 Å². The summed E-state index contributed by atoms with van der Waals surface area (Å²) in [6.45, 7) is 4.31. The van der Waals surface area contributed by atoms with Crippen LogP contribution in [0.2, 0.25) is 0 Å². The predicted molar refractivity (Wildman–Crippen MR) is 123 cm³/mol. The second-order valence-electron chi connectivity index (χ2n) is 8.72. The molecule has 0 heterocycles. The fourth-order valence-electron chi connectivity index (χ4n) is 4.09. The van der Waals surface area contributed by atoms with Gasteiger partial charge >= 0.3 is 0 Å². The Morgan fingerprint density at radius 2 is 0.828 bits per heavy atom. The maximum absolute atomic E-state index is 10.4. The Balaban J connectivity index is 1.47. The van der Waals surface area contributed by atoms with Gasteiger partial charge in [-0.1, -0.05) is 119 Å². The van der Waals surface area contributed by atoms with Crippen LogP contribution in [-0.4, -0.2) is 10.2 Å². The van der Waals surface area contributed by atoms with Crippen molar-refractivity contribution in [2.24, 2.45) is 11.8 Å². The standard InChI is InChI=1S/C27H40O2/c1-22(26(28)24-18-12-8-13-19-24)16-10-6-4-3-5-7-11-17-23(2)27(29)25-20-14-9-15-21-25/h8-9,12-15,18-23,26-29H,3-7,10-11,16-17H2,1-2H3/t22-,23-,26+,27+/m1/s1. The molecule has 0 saturated heterocycles. The number of unbranched alkanes of at least 4 members (excludes halogenated alkanes) is 6. The molecule has 2 heteroatoms. The molecule has 0 spiro atoms. The second-order valence-corrected chi connectivity index (χ2v) is 8.72. The van der Waals surface area contributed by atoms with E-state index in [2.05, 4.69) is 13.8 Å². The molecule has 4 atom stereocenters. The maximum atomic E-state index is 10.4. The first-order valence-electron chi connectivity index (χ1n) is 11.6. The minimum atomic E-state index is -0.343. The summed E-state index contributed by atoms with van der Waals surface area (Å²) in [5, 5.41) is 20.9. The molecule has 29 heavy (non-hydrogen) atoms. The van der Waals surface area contributed by atoms with Gasteiger partial charge in [0.25, 0.3) is 0 Å². The Labute approximate surface area is 178 Å². The molecule has 2 rings (SSSR count). The topological polar surface area (TPSA) is 40.5 Å². The van der Waals surface area contributed by atoms with Gasteiger partial charge in [-0.2, -0.15) is 0 Å². The number of rotatable bonds is 14. The van der Waals surface area contributed by atoms with Gasteiger partial charge in [0.2, 0.25) is 0 Å². The van der Waals surface area contributed by atoms with Crippen molar-refractivity contribution in [3.05, 3.63) is 71.8 Å². The van der Waals surface area contributed by atoms with Gasteiger partial charge in [0.1, 0.15) is 0 Å². The number of hydrogen-bond acceptors (Lipinski definition) is 2. The Bertz CT molecular complexity index is 583. The molecule has 0 aliphatic carbocycles. The zero-order chi connectivity index (χ0) is 20.9. The SMILES string of the molecule is C[C@H](CCCCCCCCC[C@@H](C)[C@H](O)c1ccccc1)[C@H](O)c1ccccc1. The second kappa shape index (κ2) is 13.6. The summed E-state index contributed by atoms with van der Waals surface area (Å²) >= 11 is 0. The number of aliphatic hydroxyl groups excluding tert-OH is 2. The molecular weight excluding hydrogens is 356 g/mol. The van der Waals surface area contributed by atoms with Crippen molar-refractivity contribution in [1.82, 2.24) is 0 Å². The number of hydrogen-bond donors (Lipinski definition) is 2. The van der Waals surface area contributed by atoms with Crippen LogP contribution in [0.25, 0.3) is 0 Å². The molecule has 0 aliphatic heterocycles. The van der Waals surface area contributed by atoms with Crippen LogP contribution in [0.1, 0.15) is 95.0 Å². The van der Waals surface area contributed by atoms with Gasteiger partial charge in [0.05, 0.1) is 12.2 Å². The van der Waals surface area contributed by atoms with E-state index in [1.54, 1.807) is 0 Å². The van der Waals surface area contributed by atoms with Crippen LogP contribution in [-0.2, 0) is 0 Å². The van der Waals surface area contributed by atoms with Crippen molar-refractivity contribution >= 4 is 0 Å². The van der Waals surface area contributed by atoms with E-state index in [0.29, 0.717) is 11.8 Å². The lowest BCUT2D eigenvalue weighted by Crippen LogP contribution is -2.09. The van der Waals surface area contributed by atoms with Crippen LogP contribution in [0.15, 0.2) is 60.7 Å². The largest absolute Gasteiger partial charge is 0.388 e. The summed E-state index contributed by atoms with van der Waals surface area (Å²) in [7, 11) is 0. The summed E-state index contributed by atoms with van der Waals surface area (Å²) in [6.07, 6.45) is 10.3. The van der Waals surface area contributed by atoms with Gasteiger partial charge < -0.3 is 10.2 Å². The molecule has 0 aliphatic rings. The molecule has 160 valence electrons. The molecule has 0 saturated carbocycles. The zero-order valence-corrected chi connectivity index (χ0v) is 18.3. The van der Waals surface area contributed by atoms with E-state index in [1.807, 2.05) is 60.7 Å². The summed E-state index contributed by atoms with van der Waals surface area (Å²) in [5.41, 5.74) is 2.07. The lowest BCUT2D eigenvalue weighted by molar-refractivity contribution is 0.111. The Morgan fingerprint density at radius 3 is 1.17 bits per heavy atom. The molecule has 0 unspecified atom stereocenters. The molecule has 2 aromatic rings. The lowest BCUT2D eigenvalue weighted by atomic mass is 9.91. The minimum Gasteiger partial charge on any atom is -0.388 e. The van der Waals surface area contributed by atoms with Gasteiger partial charge in [0.15, 0.2) is 0 Å². The molecule has 0 bridgehead atoms.